The van der Waals surface area contributed by atoms with Gasteiger partial charge in [-0.05, 0) is 24.5 Å². The number of nitrogens with zero attached hydrogens (tertiary/aromatic N) is 1. The molecule has 0 radical (unpaired) electrons. The van der Waals surface area contributed by atoms with Gasteiger partial charge in [-0.3, -0.25) is 4.79 Å². The van der Waals surface area contributed by atoms with E-state index < -0.39 is 6.04 Å². The van der Waals surface area contributed by atoms with Crippen molar-refractivity contribution in [1.82, 2.24) is 4.90 Å². The molecular weight excluding hydrogens is 260 g/mol. The minimum absolute atomic E-state index is 0.00482. The minimum atomic E-state index is -0.490. The lowest BCUT2D eigenvalue weighted by Crippen LogP contribution is -2.44. The molecule has 0 bridgehead atoms. The molecule has 2 N–H and O–H groups in total. The van der Waals surface area contributed by atoms with Crippen molar-refractivity contribution in [3.05, 3.63) is 71.8 Å². The van der Waals surface area contributed by atoms with Gasteiger partial charge in [-0.25, -0.2) is 0 Å². The van der Waals surface area contributed by atoms with Crippen molar-refractivity contribution in [1.29, 1.82) is 0 Å². The molecule has 3 heteroatoms. The molecular formula is C18H22N2O. The van der Waals surface area contributed by atoms with Gasteiger partial charge in [-0.15, -0.1) is 0 Å². The SMILES string of the molecule is CCN(Cc1ccccc1)C(=O)C(N)Cc1ccccc1. The van der Waals surface area contributed by atoms with Crippen LogP contribution in [0.15, 0.2) is 60.7 Å². The fraction of sp³-hybridized carbons (Fsp3) is 0.278. The molecule has 2 rings (SSSR count). The van der Waals surface area contributed by atoms with Gasteiger partial charge in [0.1, 0.15) is 0 Å². The van der Waals surface area contributed by atoms with Gasteiger partial charge in [-0.2, -0.15) is 0 Å². The lowest BCUT2D eigenvalue weighted by Gasteiger charge is -2.24. The normalized spacial score (nSPS) is 11.9. The zero-order chi connectivity index (χ0) is 15.1. The van der Waals surface area contributed by atoms with Crippen LogP contribution in [-0.4, -0.2) is 23.4 Å². The van der Waals surface area contributed by atoms with Crippen LogP contribution in [0.25, 0.3) is 0 Å². The molecule has 1 amide bonds. The van der Waals surface area contributed by atoms with E-state index in [9.17, 15) is 4.79 Å². The molecule has 0 saturated heterocycles. The summed E-state index contributed by atoms with van der Waals surface area (Å²) in [5, 5.41) is 0. The lowest BCUT2D eigenvalue weighted by molar-refractivity contribution is -0.133. The van der Waals surface area contributed by atoms with Gasteiger partial charge < -0.3 is 10.6 Å². The number of likely N-dealkylation sites (N-methyl/N-ethyl adjacent to an activating group) is 1. The van der Waals surface area contributed by atoms with E-state index in [-0.39, 0.29) is 5.91 Å². The second-order valence-corrected chi connectivity index (χ2v) is 5.13. The first-order valence-corrected chi connectivity index (χ1v) is 7.33. The Balaban J connectivity index is 1.99. The van der Waals surface area contributed by atoms with E-state index >= 15 is 0 Å². The number of nitrogens with two attached hydrogens (primary N) is 1. The van der Waals surface area contributed by atoms with Gasteiger partial charge in [-0.1, -0.05) is 60.7 Å². The molecule has 110 valence electrons. The number of hydrogen-bond donors (Lipinski definition) is 1. The molecule has 1 atom stereocenters. The van der Waals surface area contributed by atoms with Crippen LogP contribution >= 0.6 is 0 Å². The van der Waals surface area contributed by atoms with E-state index in [4.69, 9.17) is 5.73 Å². The molecule has 0 aliphatic heterocycles. The van der Waals surface area contributed by atoms with Gasteiger partial charge in [0.25, 0.3) is 0 Å². The fourth-order valence-electron chi connectivity index (χ4n) is 2.34. The monoisotopic (exact) mass is 282 g/mol. The maximum absolute atomic E-state index is 12.5. The highest BCUT2D eigenvalue weighted by molar-refractivity contribution is 5.82. The van der Waals surface area contributed by atoms with E-state index in [0.717, 1.165) is 11.1 Å². The molecule has 0 aliphatic rings. The third-order valence-electron chi connectivity index (χ3n) is 3.53. The maximum atomic E-state index is 12.5. The Kier molecular flexibility index (Phi) is 5.52. The summed E-state index contributed by atoms with van der Waals surface area (Å²) < 4.78 is 0. The first kappa shape index (κ1) is 15.3. The Morgan fingerprint density at radius 3 is 2.05 bits per heavy atom. The number of rotatable bonds is 6. The number of hydrogen-bond acceptors (Lipinski definition) is 2. The minimum Gasteiger partial charge on any atom is -0.337 e. The van der Waals surface area contributed by atoms with Crippen molar-refractivity contribution < 1.29 is 4.79 Å². The lowest BCUT2D eigenvalue weighted by atomic mass is 10.1. The third-order valence-corrected chi connectivity index (χ3v) is 3.53. The molecule has 0 saturated carbocycles. The van der Waals surface area contributed by atoms with Gasteiger partial charge in [0.2, 0.25) is 5.91 Å². The second-order valence-electron chi connectivity index (χ2n) is 5.13. The Bertz CT molecular complexity index is 554. The predicted molar refractivity (Wildman–Crippen MR) is 85.7 cm³/mol. The van der Waals surface area contributed by atoms with Crippen molar-refractivity contribution in [2.75, 3.05) is 6.54 Å². The molecule has 3 nitrogen and oxygen atoms in total. The highest BCUT2D eigenvalue weighted by atomic mass is 16.2. The van der Waals surface area contributed by atoms with E-state index in [2.05, 4.69) is 0 Å². The number of carbonyl (C=O) groups is 1. The van der Waals surface area contributed by atoms with Gasteiger partial charge in [0.05, 0.1) is 6.04 Å². The van der Waals surface area contributed by atoms with Crippen LogP contribution in [0.2, 0.25) is 0 Å². The molecule has 21 heavy (non-hydrogen) atoms. The highest BCUT2D eigenvalue weighted by Gasteiger charge is 2.20. The fourth-order valence-corrected chi connectivity index (χ4v) is 2.34. The summed E-state index contributed by atoms with van der Waals surface area (Å²) in [7, 11) is 0. The van der Waals surface area contributed by atoms with E-state index in [1.807, 2.05) is 72.5 Å². The smallest absolute Gasteiger partial charge is 0.240 e. The number of amides is 1. The van der Waals surface area contributed by atoms with Crippen molar-refractivity contribution in [2.24, 2.45) is 5.73 Å². The van der Waals surface area contributed by atoms with E-state index in [1.165, 1.54) is 0 Å². The second kappa shape index (κ2) is 7.60. The third kappa shape index (κ3) is 4.43. The molecule has 0 fully saturated rings. The average molecular weight is 282 g/mol. The van der Waals surface area contributed by atoms with Crippen LogP contribution < -0.4 is 5.73 Å². The molecule has 0 aromatic heterocycles. The maximum Gasteiger partial charge on any atom is 0.240 e. The van der Waals surface area contributed by atoms with Crippen LogP contribution in [0.5, 0.6) is 0 Å². The van der Waals surface area contributed by atoms with E-state index in [1.54, 1.807) is 0 Å². The molecule has 0 heterocycles. The van der Waals surface area contributed by atoms with Crippen molar-refractivity contribution in [2.45, 2.75) is 25.9 Å². The zero-order valence-electron chi connectivity index (χ0n) is 12.4. The summed E-state index contributed by atoms with van der Waals surface area (Å²) in [5.74, 6) is 0.00482. The van der Waals surface area contributed by atoms with Crippen molar-refractivity contribution in [3.63, 3.8) is 0 Å². The molecule has 1 unspecified atom stereocenters. The largest absolute Gasteiger partial charge is 0.337 e. The summed E-state index contributed by atoms with van der Waals surface area (Å²) in [6, 6.07) is 19.4. The highest BCUT2D eigenvalue weighted by Crippen LogP contribution is 2.08. The van der Waals surface area contributed by atoms with Crippen LogP contribution in [0.3, 0.4) is 0 Å². The Morgan fingerprint density at radius 1 is 1.00 bits per heavy atom. The first-order valence-electron chi connectivity index (χ1n) is 7.33. The molecule has 0 spiro atoms. The topological polar surface area (TPSA) is 46.3 Å². The predicted octanol–water partition coefficient (Wildman–Crippen LogP) is 2.61. The standard InChI is InChI=1S/C18H22N2O/c1-2-20(14-16-11-7-4-8-12-16)18(21)17(19)13-15-9-5-3-6-10-15/h3-12,17H,2,13-14,19H2,1H3. The molecule has 0 aliphatic carbocycles. The van der Waals surface area contributed by atoms with Crippen LogP contribution in [0, 0.1) is 0 Å². The Labute approximate surface area is 126 Å². The summed E-state index contributed by atoms with van der Waals surface area (Å²) in [6.45, 7) is 3.25. The Morgan fingerprint density at radius 2 is 1.52 bits per heavy atom. The quantitative estimate of drug-likeness (QED) is 0.885. The summed E-state index contributed by atoms with van der Waals surface area (Å²) >= 11 is 0. The molecule has 2 aromatic rings. The van der Waals surface area contributed by atoms with Crippen LogP contribution in [0.4, 0.5) is 0 Å². The van der Waals surface area contributed by atoms with Crippen LogP contribution in [-0.2, 0) is 17.8 Å². The van der Waals surface area contributed by atoms with E-state index in [0.29, 0.717) is 19.5 Å². The summed E-state index contributed by atoms with van der Waals surface area (Å²) in [5.41, 5.74) is 8.30. The van der Waals surface area contributed by atoms with Crippen LogP contribution in [0.1, 0.15) is 18.1 Å². The summed E-state index contributed by atoms with van der Waals surface area (Å²) in [4.78, 5) is 14.3. The zero-order valence-corrected chi connectivity index (χ0v) is 12.4. The summed E-state index contributed by atoms with van der Waals surface area (Å²) in [6.07, 6.45) is 0.574. The number of carbonyl (C=O) groups excluding carboxylic acids is 1. The van der Waals surface area contributed by atoms with Crippen molar-refractivity contribution >= 4 is 5.91 Å². The number of benzene rings is 2. The first-order chi connectivity index (χ1) is 10.2. The van der Waals surface area contributed by atoms with Gasteiger partial charge in [0.15, 0.2) is 0 Å². The van der Waals surface area contributed by atoms with Gasteiger partial charge in [0, 0.05) is 13.1 Å². The van der Waals surface area contributed by atoms with Gasteiger partial charge >= 0.3 is 0 Å². The Hall–Kier alpha value is -2.13. The van der Waals surface area contributed by atoms with Crippen molar-refractivity contribution in [3.8, 4) is 0 Å². The average Bonchev–Trinajstić information content (AvgIpc) is 2.54. The molecule has 2 aromatic carbocycles.